The first-order valence-corrected chi connectivity index (χ1v) is 11.3. The van der Waals surface area contributed by atoms with Crippen molar-refractivity contribution in [3.8, 4) is 5.75 Å². The highest BCUT2D eigenvalue weighted by Crippen LogP contribution is 2.24. The van der Waals surface area contributed by atoms with Gasteiger partial charge in [0.05, 0.1) is 13.3 Å². The summed E-state index contributed by atoms with van der Waals surface area (Å²) < 4.78 is 6.28. The fraction of sp³-hybridized carbons (Fsp3) is 0.524. The monoisotopic (exact) mass is 492 g/mol. The highest BCUT2D eigenvalue weighted by molar-refractivity contribution is 9.10. The Hall–Kier alpha value is -2.62. The number of likely N-dealkylation sites (N-methyl/N-ethyl adjacent to an activating group) is 1. The highest BCUT2D eigenvalue weighted by Gasteiger charge is 2.48. The van der Waals surface area contributed by atoms with Crippen LogP contribution in [0.1, 0.15) is 44.6 Å². The zero-order valence-corrected chi connectivity index (χ0v) is 19.7. The van der Waals surface area contributed by atoms with Crippen molar-refractivity contribution in [1.29, 1.82) is 0 Å². The number of benzene rings is 1. The van der Waals surface area contributed by atoms with Gasteiger partial charge in [-0.2, -0.15) is 5.10 Å². The molecule has 2 aliphatic heterocycles. The molecule has 2 atom stereocenters. The van der Waals surface area contributed by atoms with Crippen LogP contribution in [0.5, 0.6) is 5.75 Å². The first-order valence-electron chi connectivity index (χ1n) is 10.5. The summed E-state index contributed by atoms with van der Waals surface area (Å²) in [7, 11) is 3.24. The number of nitrogens with one attached hydrogen (secondary N) is 2. The van der Waals surface area contributed by atoms with Gasteiger partial charge in [-0.05, 0) is 24.6 Å². The van der Waals surface area contributed by atoms with Gasteiger partial charge in [0, 0.05) is 23.6 Å². The molecule has 3 amide bonds. The van der Waals surface area contributed by atoms with Crippen molar-refractivity contribution in [3.63, 3.8) is 0 Å². The van der Waals surface area contributed by atoms with E-state index in [-0.39, 0.29) is 5.91 Å². The summed E-state index contributed by atoms with van der Waals surface area (Å²) in [4.78, 5) is 32.6. The lowest BCUT2D eigenvalue weighted by Gasteiger charge is -2.36. The van der Waals surface area contributed by atoms with E-state index in [2.05, 4.69) is 43.7 Å². The average Bonchev–Trinajstić information content (AvgIpc) is 3.11. The Kier molecular flexibility index (Phi) is 7.89. The Bertz CT molecular complexity index is 875. The molecule has 31 heavy (non-hydrogen) atoms. The molecule has 1 aromatic rings. The molecule has 10 heteroatoms. The van der Waals surface area contributed by atoms with E-state index in [9.17, 15) is 9.59 Å². The summed E-state index contributed by atoms with van der Waals surface area (Å²) in [6.45, 7) is 2.83. The SMILES string of the molecule is CCCCCCCN1C(N/N=C/c2cc(Br)ccc2OC)=NC2C1C(=O)NC(=O)N2C. The lowest BCUT2D eigenvalue weighted by Crippen LogP contribution is -2.64. The number of methoxy groups -OCH3 is 1. The number of rotatable bonds is 9. The van der Waals surface area contributed by atoms with Gasteiger partial charge >= 0.3 is 6.03 Å². The predicted octanol–water partition coefficient (Wildman–Crippen LogP) is 2.90. The molecule has 2 N–H and O–H groups in total. The number of carbonyl (C=O) groups is 2. The summed E-state index contributed by atoms with van der Waals surface area (Å²) in [5, 5.41) is 6.73. The van der Waals surface area contributed by atoms with Gasteiger partial charge in [0.15, 0.2) is 12.2 Å². The number of amides is 3. The van der Waals surface area contributed by atoms with E-state index in [1.165, 1.54) is 17.7 Å². The summed E-state index contributed by atoms with van der Waals surface area (Å²) in [6, 6.07) is 4.63. The summed E-state index contributed by atoms with van der Waals surface area (Å²) in [5.74, 6) is 0.834. The number of urea groups is 1. The molecule has 0 aliphatic carbocycles. The van der Waals surface area contributed by atoms with Crippen LogP contribution in [0.15, 0.2) is 32.8 Å². The largest absolute Gasteiger partial charge is 0.496 e. The summed E-state index contributed by atoms with van der Waals surface area (Å²) in [5.41, 5.74) is 3.76. The molecule has 0 saturated carbocycles. The van der Waals surface area contributed by atoms with Crippen LogP contribution in [0.4, 0.5) is 4.79 Å². The minimum Gasteiger partial charge on any atom is -0.496 e. The molecule has 168 valence electrons. The third kappa shape index (κ3) is 5.36. The van der Waals surface area contributed by atoms with Gasteiger partial charge in [-0.15, -0.1) is 0 Å². The van der Waals surface area contributed by atoms with E-state index in [1.54, 1.807) is 20.4 Å². The molecule has 1 fully saturated rings. The topological polar surface area (TPSA) is 98.6 Å². The Morgan fingerprint density at radius 1 is 1.29 bits per heavy atom. The van der Waals surface area contributed by atoms with E-state index in [4.69, 9.17) is 4.74 Å². The first kappa shape index (κ1) is 23.1. The van der Waals surface area contributed by atoms with Crippen LogP contribution in [0.3, 0.4) is 0 Å². The van der Waals surface area contributed by atoms with E-state index < -0.39 is 18.2 Å². The van der Waals surface area contributed by atoms with Gasteiger partial charge in [-0.25, -0.2) is 15.2 Å². The van der Waals surface area contributed by atoms with Gasteiger partial charge in [-0.1, -0.05) is 48.5 Å². The summed E-state index contributed by atoms with van der Waals surface area (Å²) >= 11 is 3.45. The molecule has 2 aliphatic rings. The number of nitrogens with zero attached hydrogens (tertiary/aromatic N) is 4. The van der Waals surface area contributed by atoms with E-state index in [0.29, 0.717) is 18.3 Å². The van der Waals surface area contributed by atoms with Crippen LogP contribution in [0.25, 0.3) is 0 Å². The van der Waals surface area contributed by atoms with Crippen LogP contribution in [-0.2, 0) is 4.79 Å². The second-order valence-corrected chi connectivity index (χ2v) is 8.50. The van der Waals surface area contributed by atoms with E-state index in [0.717, 1.165) is 29.3 Å². The third-order valence-corrected chi connectivity index (χ3v) is 5.92. The molecule has 1 aromatic carbocycles. The zero-order chi connectivity index (χ0) is 22.4. The number of aliphatic imine (C=N–C) groups is 1. The molecule has 2 unspecified atom stereocenters. The third-order valence-electron chi connectivity index (χ3n) is 5.42. The molecule has 3 rings (SSSR count). The molecule has 0 bridgehead atoms. The maximum atomic E-state index is 12.6. The van der Waals surface area contributed by atoms with E-state index >= 15 is 0 Å². The molecule has 0 spiro atoms. The van der Waals surface area contributed by atoms with Crippen LogP contribution in [-0.4, -0.2) is 66.8 Å². The van der Waals surface area contributed by atoms with Crippen molar-refractivity contribution in [2.45, 2.75) is 51.2 Å². The van der Waals surface area contributed by atoms with Gasteiger partial charge < -0.3 is 14.5 Å². The Morgan fingerprint density at radius 2 is 2.06 bits per heavy atom. The number of hydrogen-bond acceptors (Lipinski definition) is 7. The number of imide groups is 1. The normalized spacial score (nSPS) is 20.7. The average molecular weight is 493 g/mol. The van der Waals surface area contributed by atoms with Gasteiger partial charge in [0.2, 0.25) is 5.96 Å². The Balaban J connectivity index is 1.75. The van der Waals surface area contributed by atoms with Crippen molar-refractivity contribution in [2.24, 2.45) is 10.1 Å². The maximum absolute atomic E-state index is 12.6. The van der Waals surface area contributed by atoms with Crippen molar-refractivity contribution in [3.05, 3.63) is 28.2 Å². The van der Waals surface area contributed by atoms with Crippen LogP contribution in [0, 0.1) is 0 Å². The lowest BCUT2D eigenvalue weighted by molar-refractivity contribution is -0.127. The number of guanidine groups is 1. The van der Waals surface area contributed by atoms with Crippen molar-refractivity contribution >= 4 is 40.0 Å². The van der Waals surface area contributed by atoms with E-state index in [1.807, 2.05) is 23.1 Å². The number of hydrazone groups is 1. The number of unbranched alkanes of at least 4 members (excludes halogenated alkanes) is 4. The van der Waals surface area contributed by atoms with Crippen molar-refractivity contribution in [1.82, 2.24) is 20.5 Å². The molecular weight excluding hydrogens is 464 g/mol. The fourth-order valence-corrected chi connectivity index (χ4v) is 4.09. The highest BCUT2D eigenvalue weighted by atomic mass is 79.9. The molecule has 1 saturated heterocycles. The first-order chi connectivity index (χ1) is 15.0. The minimum absolute atomic E-state index is 0.333. The number of halogens is 1. The van der Waals surface area contributed by atoms with Crippen molar-refractivity contribution in [2.75, 3.05) is 20.7 Å². The molecule has 0 aromatic heterocycles. The molecule has 9 nitrogen and oxygen atoms in total. The van der Waals surface area contributed by atoms with Gasteiger partial charge in [0.25, 0.3) is 5.91 Å². The maximum Gasteiger partial charge on any atom is 0.325 e. The van der Waals surface area contributed by atoms with Crippen LogP contribution in [0.2, 0.25) is 0 Å². The molecule has 0 radical (unpaired) electrons. The van der Waals surface area contributed by atoms with Gasteiger partial charge in [-0.3, -0.25) is 10.1 Å². The smallest absolute Gasteiger partial charge is 0.325 e. The molecular formula is C21H29BrN6O3. The number of ether oxygens (including phenoxy) is 1. The van der Waals surface area contributed by atoms with Gasteiger partial charge in [0.1, 0.15) is 5.75 Å². The minimum atomic E-state index is -0.574. The number of fused-ring (bicyclic) bond motifs is 1. The Labute approximate surface area is 191 Å². The predicted molar refractivity (Wildman–Crippen MR) is 123 cm³/mol. The second-order valence-electron chi connectivity index (χ2n) is 7.58. The fourth-order valence-electron chi connectivity index (χ4n) is 3.72. The second kappa shape index (κ2) is 10.6. The standard InChI is InChI=1S/C21H29BrN6O3/c1-4-5-6-7-8-11-28-17-18(27(2)21(30)25-19(17)29)24-20(28)26-23-13-14-12-15(22)9-10-16(14)31-3/h9-10,12-13,17-18H,4-8,11H2,1-3H3,(H,24,26)(H,25,29,30)/b23-13+. The van der Waals surface area contributed by atoms with Crippen LogP contribution < -0.4 is 15.5 Å². The quantitative estimate of drug-likeness (QED) is 0.313. The van der Waals surface area contributed by atoms with Crippen LogP contribution >= 0.6 is 15.9 Å². The summed E-state index contributed by atoms with van der Waals surface area (Å²) in [6.07, 6.45) is 6.59. The lowest BCUT2D eigenvalue weighted by atomic mass is 10.1. The molecule has 2 heterocycles. The number of hydrogen-bond donors (Lipinski definition) is 2. The Morgan fingerprint density at radius 3 is 2.81 bits per heavy atom. The number of carbonyl (C=O) groups excluding carboxylic acids is 2. The van der Waals surface area contributed by atoms with Crippen molar-refractivity contribution < 1.29 is 14.3 Å². The zero-order valence-electron chi connectivity index (χ0n) is 18.1.